The summed E-state index contributed by atoms with van der Waals surface area (Å²) >= 11 is 0. The third kappa shape index (κ3) is 2.37. The molecule has 1 aliphatic rings. The van der Waals surface area contributed by atoms with Crippen molar-refractivity contribution in [1.82, 2.24) is 4.90 Å². The molecule has 5 nitrogen and oxygen atoms in total. The van der Waals surface area contributed by atoms with Gasteiger partial charge in [-0.25, -0.2) is 0 Å². The molecule has 1 N–H and O–H groups in total. The molecule has 2 heterocycles. The number of hydrogen-bond donors (Lipinski definition) is 1. The Bertz CT molecular complexity index is 357. The van der Waals surface area contributed by atoms with Gasteiger partial charge in [-0.3, -0.25) is 4.99 Å². The van der Waals surface area contributed by atoms with E-state index >= 15 is 0 Å². The molecule has 5 heteroatoms. The molecule has 0 amide bonds. The fraction of sp³-hybridized carbons (Fsp3) is 0.400. The van der Waals surface area contributed by atoms with Crippen LogP contribution in [0.5, 0.6) is 0 Å². The van der Waals surface area contributed by atoms with Gasteiger partial charge in [0.05, 0.1) is 12.8 Å². The summed E-state index contributed by atoms with van der Waals surface area (Å²) in [6.07, 6.45) is 4.03. The lowest BCUT2D eigenvalue weighted by Crippen LogP contribution is -2.35. The van der Waals surface area contributed by atoms with E-state index < -0.39 is 0 Å². The molecule has 0 unspecified atom stereocenters. The van der Waals surface area contributed by atoms with E-state index in [4.69, 9.17) is 9.62 Å². The average molecular weight is 207 g/mol. The largest absolute Gasteiger partial charge is 0.467 e. The van der Waals surface area contributed by atoms with E-state index in [-0.39, 0.29) is 0 Å². The lowest BCUT2D eigenvalue weighted by atomic mass is 10.3. The van der Waals surface area contributed by atoms with E-state index in [2.05, 4.69) is 10.1 Å². The van der Waals surface area contributed by atoms with Crippen molar-refractivity contribution >= 4 is 12.1 Å². The minimum Gasteiger partial charge on any atom is -0.467 e. The maximum Gasteiger partial charge on any atom is 0.146 e. The van der Waals surface area contributed by atoms with Crippen molar-refractivity contribution in [3.63, 3.8) is 0 Å². The minimum atomic E-state index is 0.665. The van der Waals surface area contributed by atoms with Crippen LogP contribution in [0.15, 0.2) is 33.0 Å². The molecule has 1 aromatic heterocycles. The summed E-state index contributed by atoms with van der Waals surface area (Å²) in [5, 5.41) is 11.5. The van der Waals surface area contributed by atoms with Gasteiger partial charge in [0, 0.05) is 13.1 Å². The molecular weight excluding hydrogens is 194 g/mol. The summed E-state index contributed by atoms with van der Waals surface area (Å²) in [5.74, 6) is 1.59. The van der Waals surface area contributed by atoms with Crippen molar-refractivity contribution in [2.24, 2.45) is 10.1 Å². The Balaban J connectivity index is 2.07. The molecule has 0 atom stereocenters. The summed E-state index contributed by atoms with van der Waals surface area (Å²) in [6.45, 7) is 2.36. The smallest absolute Gasteiger partial charge is 0.146 e. The first kappa shape index (κ1) is 9.76. The molecule has 0 radical (unpaired) electrons. The zero-order chi connectivity index (χ0) is 10.5. The Kier molecular flexibility index (Phi) is 3.02. The summed E-state index contributed by atoms with van der Waals surface area (Å²) in [4.78, 5) is 6.30. The highest BCUT2D eigenvalue weighted by Crippen LogP contribution is 2.09. The molecule has 0 aromatic carbocycles. The van der Waals surface area contributed by atoms with Gasteiger partial charge in [0.1, 0.15) is 17.8 Å². The van der Waals surface area contributed by atoms with E-state index in [0.717, 1.165) is 25.3 Å². The van der Waals surface area contributed by atoms with Crippen LogP contribution >= 0.6 is 0 Å². The summed E-state index contributed by atoms with van der Waals surface area (Å²) in [5.41, 5.74) is 0. The molecule has 0 saturated heterocycles. The first-order valence-corrected chi connectivity index (χ1v) is 4.89. The highest BCUT2D eigenvalue weighted by atomic mass is 16.4. The van der Waals surface area contributed by atoms with Crippen LogP contribution in [0.25, 0.3) is 0 Å². The Morgan fingerprint density at radius 2 is 2.60 bits per heavy atom. The molecule has 15 heavy (non-hydrogen) atoms. The molecule has 2 rings (SSSR count). The van der Waals surface area contributed by atoms with Gasteiger partial charge < -0.3 is 14.5 Å². The first-order chi connectivity index (χ1) is 7.40. The zero-order valence-corrected chi connectivity index (χ0v) is 8.33. The van der Waals surface area contributed by atoms with Crippen LogP contribution in [-0.2, 0) is 6.54 Å². The second-order valence-electron chi connectivity index (χ2n) is 3.34. The summed E-state index contributed by atoms with van der Waals surface area (Å²) < 4.78 is 5.26. The van der Waals surface area contributed by atoms with Crippen molar-refractivity contribution in [1.29, 1.82) is 0 Å². The maximum atomic E-state index is 8.50. The van der Waals surface area contributed by atoms with Gasteiger partial charge in [0.15, 0.2) is 0 Å². The minimum absolute atomic E-state index is 0.665. The number of rotatable bonds is 3. The van der Waals surface area contributed by atoms with Crippen LogP contribution in [0.4, 0.5) is 0 Å². The third-order valence-electron chi connectivity index (χ3n) is 2.28. The van der Waals surface area contributed by atoms with E-state index in [1.165, 1.54) is 6.21 Å². The predicted molar refractivity (Wildman–Crippen MR) is 56.3 cm³/mol. The molecule has 0 spiro atoms. The van der Waals surface area contributed by atoms with Crippen LogP contribution in [0, 0.1) is 0 Å². The second kappa shape index (κ2) is 4.63. The Labute approximate surface area is 87.7 Å². The topological polar surface area (TPSA) is 61.3 Å². The standard InChI is InChI=1S/C10H13N3O2/c14-12-7-10-11-4-2-5-13(10)8-9-3-1-6-15-9/h1,3,6-7,14H,2,4-5,8H2/b12-7+. The lowest BCUT2D eigenvalue weighted by molar-refractivity contribution is 0.319. The molecule has 0 bridgehead atoms. The molecule has 0 aliphatic carbocycles. The Hall–Kier alpha value is -1.78. The number of furan rings is 1. The van der Waals surface area contributed by atoms with Crippen LogP contribution in [0.2, 0.25) is 0 Å². The number of nitrogens with zero attached hydrogens (tertiary/aromatic N) is 3. The van der Waals surface area contributed by atoms with Gasteiger partial charge in [0.25, 0.3) is 0 Å². The van der Waals surface area contributed by atoms with Crippen LogP contribution in [0.1, 0.15) is 12.2 Å². The molecule has 1 aliphatic heterocycles. The molecule has 80 valence electrons. The van der Waals surface area contributed by atoms with Crippen molar-refractivity contribution in [2.75, 3.05) is 13.1 Å². The quantitative estimate of drug-likeness (QED) is 0.462. The SMILES string of the molecule is O/N=C/C1=NCCCN1Cc1ccco1. The Morgan fingerprint density at radius 3 is 3.33 bits per heavy atom. The van der Waals surface area contributed by atoms with Gasteiger partial charge >= 0.3 is 0 Å². The van der Waals surface area contributed by atoms with Gasteiger partial charge in [0.2, 0.25) is 0 Å². The van der Waals surface area contributed by atoms with Crippen molar-refractivity contribution in [3.8, 4) is 0 Å². The molecule has 1 aromatic rings. The number of oxime groups is 1. The Morgan fingerprint density at radius 1 is 1.67 bits per heavy atom. The highest BCUT2D eigenvalue weighted by molar-refractivity contribution is 6.29. The van der Waals surface area contributed by atoms with Crippen LogP contribution < -0.4 is 0 Å². The third-order valence-corrected chi connectivity index (χ3v) is 2.28. The number of amidine groups is 1. The van der Waals surface area contributed by atoms with Gasteiger partial charge in [-0.05, 0) is 18.6 Å². The van der Waals surface area contributed by atoms with Gasteiger partial charge in [-0.1, -0.05) is 5.16 Å². The van der Waals surface area contributed by atoms with E-state index in [1.807, 2.05) is 17.0 Å². The summed E-state index contributed by atoms with van der Waals surface area (Å²) in [7, 11) is 0. The fourth-order valence-corrected chi connectivity index (χ4v) is 1.59. The monoisotopic (exact) mass is 207 g/mol. The van der Waals surface area contributed by atoms with Crippen molar-refractivity contribution in [3.05, 3.63) is 24.2 Å². The average Bonchev–Trinajstić information content (AvgIpc) is 2.74. The van der Waals surface area contributed by atoms with Crippen LogP contribution in [0.3, 0.4) is 0 Å². The number of aliphatic imine (C=N–C) groups is 1. The van der Waals surface area contributed by atoms with Crippen molar-refractivity contribution in [2.45, 2.75) is 13.0 Å². The van der Waals surface area contributed by atoms with Gasteiger partial charge in [-0.2, -0.15) is 0 Å². The molecule has 0 saturated carbocycles. The normalized spacial score (nSPS) is 17.1. The van der Waals surface area contributed by atoms with E-state index in [9.17, 15) is 0 Å². The summed E-state index contributed by atoms with van der Waals surface area (Å²) in [6, 6.07) is 3.78. The fourth-order valence-electron chi connectivity index (χ4n) is 1.59. The lowest BCUT2D eigenvalue weighted by Gasteiger charge is -2.26. The molecular formula is C10H13N3O2. The number of hydrogen-bond acceptors (Lipinski definition) is 5. The van der Waals surface area contributed by atoms with Crippen LogP contribution in [-0.4, -0.2) is 35.2 Å². The highest BCUT2D eigenvalue weighted by Gasteiger charge is 2.14. The maximum absolute atomic E-state index is 8.50. The zero-order valence-electron chi connectivity index (χ0n) is 8.33. The predicted octanol–water partition coefficient (Wildman–Crippen LogP) is 1.34. The van der Waals surface area contributed by atoms with E-state index in [1.54, 1.807) is 6.26 Å². The molecule has 0 fully saturated rings. The van der Waals surface area contributed by atoms with Crippen molar-refractivity contribution < 1.29 is 9.62 Å². The first-order valence-electron chi connectivity index (χ1n) is 4.89. The van der Waals surface area contributed by atoms with Gasteiger partial charge in [-0.15, -0.1) is 0 Å². The van der Waals surface area contributed by atoms with E-state index in [0.29, 0.717) is 12.4 Å². The second-order valence-corrected chi connectivity index (χ2v) is 3.34.